The summed E-state index contributed by atoms with van der Waals surface area (Å²) in [5, 5.41) is 4.00. The topological polar surface area (TPSA) is 62.3 Å². The van der Waals surface area contributed by atoms with E-state index in [1.165, 1.54) is 4.88 Å². The largest absolute Gasteiger partial charge is 0.353 e. The van der Waals surface area contributed by atoms with Crippen LogP contribution in [0.25, 0.3) is 0 Å². The van der Waals surface area contributed by atoms with Gasteiger partial charge in [-0.15, -0.1) is 11.3 Å². The summed E-state index contributed by atoms with van der Waals surface area (Å²) >= 11 is 1.61. The number of carbonyl (C=O) groups is 2. The lowest BCUT2D eigenvalue weighted by molar-refractivity contribution is -0.121. The van der Waals surface area contributed by atoms with Crippen molar-refractivity contribution in [3.63, 3.8) is 0 Å². The van der Waals surface area contributed by atoms with E-state index in [-0.39, 0.29) is 17.9 Å². The molecule has 2 aromatic rings. The third-order valence-electron chi connectivity index (χ3n) is 5.18. The standard InChI is InChI=1S/C22H29N3O2S/c1-14(2)21-16(4)28-20(24-21)13-19(26)23-18-9-11-25(12-10-18)22(27)17-7-5-15(3)6-8-17/h5-8,14,18H,9-13H2,1-4H3,(H,23,26). The van der Waals surface area contributed by atoms with Crippen LogP contribution in [0.2, 0.25) is 0 Å². The average Bonchev–Trinajstić information content (AvgIpc) is 3.02. The van der Waals surface area contributed by atoms with Crippen LogP contribution in [0.3, 0.4) is 0 Å². The van der Waals surface area contributed by atoms with Crippen molar-refractivity contribution in [1.82, 2.24) is 15.2 Å². The van der Waals surface area contributed by atoms with Crippen LogP contribution < -0.4 is 5.32 Å². The second-order valence-corrected chi connectivity index (χ2v) is 9.17. The molecular formula is C22H29N3O2S. The van der Waals surface area contributed by atoms with Crippen molar-refractivity contribution in [2.45, 2.75) is 58.9 Å². The van der Waals surface area contributed by atoms with Gasteiger partial charge in [-0.05, 0) is 44.7 Å². The molecule has 2 amide bonds. The van der Waals surface area contributed by atoms with E-state index in [4.69, 9.17) is 0 Å². The third-order valence-corrected chi connectivity index (χ3v) is 6.17. The predicted molar refractivity (Wildman–Crippen MR) is 113 cm³/mol. The molecule has 3 rings (SSSR count). The van der Waals surface area contributed by atoms with Crippen molar-refractivity contribution in [3.8, 4) is 0 Å². The summed E-state index contributed by atoms with van der Waals surface area (Å²) in [6.07, 6.45) is 1.91. The Labute approximate surface area is 171 Å². The highest BCUT2D eigenvalue weighted by Gasteiger charge is 2.25. The number of nitrogens with one attached hydrogen (secondary N) is 1. The van der Waals surface area contributed by atoms with E-state index >= 15 is 0 Å². The summed E-state index contributed by atoms with van der Waals surface area (Å²) in [5.74, 6) is 0.472. The van der Waals surface area contributed by atoms with Gasteiger partial charge in [0, 0.05) is 29.6 Å². The fourth-order valence-corrected chi connectivity index (χ4v) is 4.68. The van der Waals surface area contributed by atoms with Crippen molar-refractivity contribution in [1.29, 1.82) is 0 Å². The number of carbonyl (C=O) groups excluding carboxylic acids is 2. The van der Waals surface area contributed by atoms with E-state index in [9.17, 15) is 9.59 Å². The second kappa shape index (κ2) is 8.86. The van der Waals surface area contributed by atoms with Crippen molar-refractivity contribution in [2.75, 3.05) is 13.1 Å². The number of thiazole rings is 1. The Morgan fingerprint density at radius 1 is 1.18 bits per heavy atom. The summed E-state index contributed by atoms with van der Waals surface area (Å²) in [6, 6.07) is 7.82. The van der Waals surface area contributed by atoms with Gasteiger partial charge in [-0.25, -0.2) is 4.98 Å². The number of likely N-dealkylation sites (tertiary alicyclic amines) is 1. The van der Waals surface area contributed by atoms with Crippen LogP contribution in [0.5, 0.6) is 0 Å². The summed E-state index contributed by atoms with van der Waals surface area (Å²) in [7, 11) is 0. The number of rotatable bonds is 5. The van der Waals surface area contributed by atoms with E-state index < -0.39 is 0 Å². The number of aromatic nitrogens is 1. The molecule has 2 heterocycles. The van der Waals surface area contributed by atoms with Crippen molar-refractivity contribution in [2.24, 2.45) is 0 Å². The summed E-state index contributed by atoms with van der Waals surface area (Å²) in [6.45, 7) is 9.67. The first-order chi connectivity index (χ1) is 13.3. The van der Waals surface area contributed by atoms with Crippen molar-refractivity contribution < 1.29 is 9.59 Å². The smallest absolute Gasteiger partial charge is 0.253 e. The number of hydrogen-bond acceptors (Lipinski definition) is 4. The lowest BCUT2D eigenvalue weighted by atomic mass is 10.0. The average molecular weight is 400 g/mol. The van der Waals surface area contributed by atoms with Gasteiger partial charge >= 0.3 is 0 Å². The fourth-order valence-electron chi connectivity index (χ4n) is 3.60. The van der Waals surface area contributed by atoms with Gasteiger partial charge in [-0.2, -0.15) is 0 Å². The molecule has 1 aliphatic heterocycles. The Bertz CT molecular complexity index is 834. The second-order valence-electron chi connectivity index (χ2n) is 7.88. The first-order valence-electron chi connectivity index (χ1n) is 9.95. The first kappa shape index (κ1) is 20.5. The summed E-state index contributed by atoms with van der Waals surface area (Å²) in [4.78, 5) is 32.7. The minimum Gasteiger partial charge on any atom is -0.353 e. The van der Waals surface area contributed by atoms with Gasteiger partial charge in [-0.3, -0.25) is 9.59 Å². The number of amides is 2. The van der Waals surface area contributed by atoms with Crippen LogP contribution in [0.1, 0.15) is 64.1 Å². The number of hydrogen-bond donors (Lipinski definition) is 1. The van der Waals surface area contributed by atoms with Gasteiger partial charge < -0.3 is 10.2 Å². The van der Waals surface area contributed by atoms with E-state index in [2.05, 4.69) is 31.1 Å². The van der Waals surface area contributed by atoms with E-state index in [0.29, 0.717) is 25.4 Å². The third kappa shape index (κ3) is 4.98. The zero-order valence-electron chi connectivity index (χ0n) is 17.1. The lowest BCUT2D eigenvalue weighted by Crippen LogP contribution is -2.46. The zero-order valence-corrected chi connectivity index (χ0v) is 17.9. The molecule has 0 atom stereocenters. The molecular weight excluding hydrogens is 370 g/mol. The predicted octanol–water partition coefficient (Wildman–Crippen LogP) is 3.85. The molecule has 0 saturated carbocycles. The van der Waals surface area contributed by atoms with Gasteiger partial charge in [0.25, 0.3) is 5.91 Å². The van der Waals surface area contributed by atoms with Crippen molar-refractivity contribution in [3.05, 3.63) is 51.0 Å². The van der Waals surface area contributed by atoms with Crippen LogP contribution in [-0.2, 0) is 11.2 Å². The molecule has 0 spiro atoms. The van der Waals surface area contributed by atoms with Crippen LogP contribution in [-0.4, -0.2) is 40.8 Å². The Morgan fingerprint density at radius 3 is 2.39 bits per heavy atom. The minimum atomic E-state index is 0.0207. The fraction of sp³-hybridized carbons (Fsp3) is 0.500. The number of benzene rings is 1. The maximum absolute atomic E-state index is 12.6. The summed E-state index contributed by atoms with van der Waals surface area (Å²) < 4.78 is 0. The molecule has 28 heavy (non-hydrogen) atoms. The van der Waals surface area contributed by atoms with Crippen LogP contribution in [0.4, 0.5) is 0 Å². The molecule has 6 heteroatoms. The van der Waals surface area contributed by atoms with Gasteiger partial charge in [0.1, 0.15) is 5.01 Å². The van der Waals surface area contributed by atoms with Gasteiger partial charge in [-0.1, -0.05) is 31.5 Å². The molecule has 0 unspecified atom stereocenters. The Morgan fingerprint density at radius 2 is 1.82 bits per heavy atom. The Hall–Kier alpha value is -2.21. The van der Waals surface area contributed by atoms with Gasteiger partial charge in [0.2, 0.25) is 5.91 Å². The molecule has 1 aromatic heterocycles. The normalized spacial score (nSPS) is 15.1. The molecule has 1 fully saturated rings. The molecule has 1 saturated heterocycles. The Kier molecular flexibility index (Phi) is 6.50. The van der Waals surface area contributed by atoms with E-state index in [1.54, 1.807) is 11.3 Å². The SMILES string of the molecule is Cc1ccc(C(=O)N2CCC(NC(=O)Cc3nc(C(C)C)c(C)s3)CC2)cc1. The highest BCUT2D eigenvalue weighted by molar-refractivity contribution is 7.11. The van der Waals surface area contributed by atoms with Crippen LogP contribution in [0, 0.1) is 13.8 Å². The number of piperidine rings is 1. The Balaban J connectivity index is 1.48. The van der Waals surface area contributed by atoms with Gasteiger partial charge in [0.15, 0.2) is 0 Å². The van der Waals surface area contributed by atoms with Crippen molar-refractivity contribution >= 4 is 23.2 Å². The first-order valence-corrected chi connectivity index (χ1v) is 10.8. The maximum atomic E-state index is 12.6. The summed E-state index contributed by atoms with van der Waals surface area (Å²) in [5.41, 5.74) is 2.97. The highest BCUT2D eigenvalue weighted by atomic mass is 32.1. The molecule has 0 aliphatic carbocycles. The lowest BCUT2D eigenvalue weighted by Gasteiger charge is -2.32. The van der Waals surface area contributed by atoms with Gasteiger partial charge in [0.05, 0.1) is 12.1 Å². The quantitative estimate of drug-likeness (QED) is 0.831. The highest BCUT2D eigenvalue weighted by Crippen LogP contribution is 2.24. The molecule has 0 bridgehead atoms. The molecule has 5 nitrogen and oxygen atoms in total. The van der Waals surface area contributed by atoms with E-state index in [0.717, 1.165) is 34.7 Å². The van der Waals surface area contributed by atoms with E-state index in [1.807, 2.05) is 36.1 Å². The molecule has 1 aliphatic rings. The molecule has 1 aromatic carbocycles. The van der Waals surface area contributed by atoms with Crippen LogP contribution in [0.15, 0.2) is 24.3 Å². The molecule has 1 N–H and O–H groups in total. The zero-order chi connectivity index (χ0) is 20.3. The minimum absolute atomic E-state index is 0.0207. The number of aryl methyl sites for hydroxylation is 2. The number of nitrogens with zero attached hydrogens (tertiary/aromatic N) is 2. The molecule has 150 valence electrons. The monoisotopic (exact) mass is 399 g/mol. The molecule has 0 radical (unpaired) electrons. The maximum Gasteiger partial charge on any atom is 0.253 e. The van der Waals surface area contributed by atoms with Crippen LogP contribution >= 0.6 is 11.3 Å².